The summed E-state index contributed by atoms with van der Waals surface area (Å²) in [6.07, 6.45) is 11.2. The lowest BCUT2D eigenvalue weighted by Crippen LogP contribution is -2.64. The maximum absolute atomic E-state index is 11.2. The topological polar surface area (TPSA) is 38.7 Å². The SMILES string of the molecule is C[C@@H]1C=CC[C@]2(C)[C@H]3CC=C(O[Si](C)(C)C(C)(C)C)C[C@]3(CO)[C@H](O[Si](C)(C)C(C)(C)C)C[C@@H]12. The maximum atomic E-state index is 11.2. The van der Waals surface area contributed by atoms with Gasteiger partial charge in [-0.1, -0.05) is 67.5 Å². The molecular weight excluding hydrogens is 452 g/mol. The molecule has 3 aliphatic carbocycles. The van der Waals surface area contributed by atoms with Crippen LogP contribution >= 0.6 is 0 Å². The monoisotopic (exact) mass is 506 g/mol. The fourth-order valence-electron chi connectivity index (χ4n) is 6.56. The molecule has 0 radical (unpaired) electrons. The first-order chi connectivity index (χ1) is 15.3. The molecule has 3 nitrogen and oxygen atoms in total. The number of allylic oxidation sites excluding steroid dienone is 4. The summed E-state index contributed by atoms with van der Waals surface area (Å²) in [5, 5.41) is 11.5. The average Bonchev–Trinajstić information content (AvgIpc) is 2.67. The van der Waals surface area contributed by atoms with Gasteiger partial charge in [0.05, 0.1) is 18.5 Å². The molecule has 34 heavy (non-hydrogen) atoms. The van der Waals surface area contributed by atoms with Crippen molar-refractivity contribution in [3.05, 3.63) is 24.0 Å². The average molecular weight is 507 g/mol. The van der Waals surface area contributed by atoms with Gasteiger partial charge >= 0.3 is 0 Å². The highest BCUT2D eigenvalue weighted by atomic mass is 28.4. The summed E-state index contributed by atoms with van der Waals surface area (Å²) < 4.78 is 14.2. The fraction of sp³-hybridized carbons (Fsp3) is 0.862. The minimum Gasteiger partial charge on any atom is -0.547 e. The van der Waals surface area contributed by atoms with Crippen LogP contribution in [0, 0.1) is 28.6 Å². The Morgan fingerprint density at radius 1 is 1.03 bits per heavy atom. The van der Waals surface area contributed by atoms with Crippen molar-refractivity contribution >= 4 is 16.6 Å². The van der Waals surface area contributed by atoms with Crippen LogP contribution in [0.25, 0.3) is 0 Å². The Hall–Kier alpha value is -0.366. The van der Waals surface area contributed by atoms with E-state index in [2.05, 4.69) is 99.8 Å². The smallest absolute Gasteiger partial charge is 0.250 e. The lowest BCUT2D eigenvalue weighted by Gasteiger charge is -2.64. The van der Waals surface area contributed by atoms with Crippen LogP contribution in [-0.4, -0.2) is 34.5 Å². The van der Waals surface area contributed by atoms with Gasteiger partial charge in [-0.2, -0.15) is 0 Å². The van der Waals surface area contributed by atoms with Gasteiger partial charge in [-0.3, -0.25) is 0 Å². The van der Waals surface area contributed by atoms with Gasteiger partial charge in [0.15, 0.2) is 8.32 Å². The Morgan fingerprint density at radius 3 is 2.15 bits per heavy atom. The molecule has 5 heteroatoms. The lowest BCUT2D eigenvalue weighted by molar-refractivity contribution is -0.172. The third-order valence-corrected chi connectivity index (χ3v) is 19.8. The zero-order chi connectivity index (χ0) is 26.0. The Kier molecular flexibility index (Phi) is 7.37. The molecule has 0 amide bonds. The van der Waals surface area contributed by atoms with Crippen LogP contribution in [0.15, 0.2) is 24.0 Å². The number of fused-ring (bicyclic) bond motifs is 3. The van der Waals surface area contributed by atoms with Crippen LogP contribution in [0.2, 0.25) is 36.3 Å². The van der Waals surface area contributed by atoms with Crippen molar-refractivity contribution in [1.82, 2.24) is 0 Å². The first-order valence-electron chi connectivity index (χ1n) is 13.6. The second-order valence-corrected chi connectivity index (χ2v) is 24.6. The van der Waals surface area contributed by atoms with E-state index in [1.165, 1.54) is 0 Å². The van der Waals surface area contributed by atoms with Crippen molar-refractivity contribution < 1.29 is 14.0 Å². The van der Waals surface area contributed by atoms with Gasteiger partial charge in [0, 0.05) is 11.8 Å². The van der Waals surface area contributed by atoms with E-state index in [1.807, 2.05) is 0 Å². The molecule has 1 N–H and O–H groups in total. The summed E-state index contributed by atoms with van der Waals surface area (Å²) in [4.78, 5) is 0. The minimum atomic E-state index is -2.01. The summed E-state index contributed by atoms with van der Waals surface area (Å²) in [7, 11) is -3.97. The molecule has 0 aromatic rings. The van der Waals surface area contributed by atoms with Gasteiger partial charge in [0.25, 0.3) is 0 Å². The molecule has 0 heterocycles. The molecule has 0 aromatic heterocycles. The van der Waals surface area contributed by atoms with Crippen LogP contribution in [0.3, 0.4) is 0 Å². The number of rotatable bonds is 5. The fourth-order valence-corrected chi connectivity index (χ4v) is 9.08. The molecule has 1 saturated carbocycles. The van der Waals surface area contributed by atoms with E-state index < -0.39 is 16.6 Å². The predicted molar refractivity (Wildman–Crippen MR) is 150 cm³/mol. The number of hydrogen-bond acceptors (Lipinski definition) is 3. The van der Waals surface area contributed by atoms with E-state index in [0.717, 1.165) is 31.4 Å². The Balaban J connectivity index is 2.07. The van der Waals surface area contributed by atoms with Gasteiger partial charge < -0.3 is 14.0 Å². The van der Waals surface area contributed by atoms with Crippen molar-refractivity contribution in [3.8, 4) is 0 Å². The van der Waals surface area contributed by atoms with E-state index in [4.69, 9.17) is 8.85 Å². The zero-order valence-electron chi connectivity index (χ0n) is 24.3. The van der Waals surface area contributed by atoms with Gasteiger partial charge in [-0.05, 0) is 84.8 Å². The summed E-state index contributed by atoms with van der Waals surface area (Å²) in [6, 6.07) is 0. The Labute approximate surface area is 213 Å². The molecule has 6 atom stereocenters. The second kappa shape index (κ2) is 8.88. The first kappa shape index (κ1) is 28.2. The zero-order valence-corrected chi connectivity index (χ0v) is 26.3. The molecule has 0 aliphatic heterocycles. The lowest BCUT2D eigenvalue weighted by atomic mass is 9.44. The van der Waals surface area contributed by atoms with Crippen molar-refractivity contribution in [2.45, 2.75) is 123 Å². The Morgan fingerprint density at radius 2 is 1.62 bits per heavy atom. The highest BCUT2D eigenvalue weighted by Gasteiger charge is 2.63. The van der Waals surface area contributed by atoms with E-state index in [9.17, 15) is 5.11 Å². The molecular formula is C29H54O3Si2. The summed E-state index contributed by atoms with van der Waals surface area (Å²) >= 11 is 0. The van der Waals surface area contributed by atoms with E-state index in [-0.39, 0.29) is 33.6 Å². The second-order valence-electron chi connectivity index (χ2n) is 15.1. The van der Waals surface area contributed by atoms with Crippen LogP contribution in [0.5, 0.6) is 0 Å². The quantitative estimate of drug-likeness (QED) is 0.301. The highest BCUT2D eigenvalue weighted by molar-refractivity contribution is 6.74. The molecule has 0 bridgehead atoms. The maximum Gasteiger partial charge on any atom is 0.250 e. The first-order valence-corrected chi connectivity index (χ1v) is 19.5. The Bertz CT molecular complexity index is 816. The largest absolute Gasteiger partial charge is 0.547 e. The van der Waals surface area contributed by atoms with Crippen LogP contribution in [0.1, 0.15) is 81.1 Å². The van der Waals surface area contributed by atoms with Crippen molar-refractivity contribution in [2.24, 2.45) is 28.6 Å². The molecule has 1 fully saturated rings. The number of hydrogen-bond donors (Lipinski definition) is 1. The molecule has 0 unspecified atom stereocenters. The molecule has 0 saturated heterocycles. The number of aliphatic hydroxyl groups excluding tert-OH is 1. The molecule has 0 aromatic carbocycles. The predicted octanol–water partition coefficient (Wildman–Crippen LogP) is 8.29. The van der Waals surface area contributed by atoms with Crippen molar-refractivity contribution in [2.75, 3.05) is 6.61 Å². The molecule has 3 aliphatic rings. The van der Waals surface area contributed by atoms with Crippen molar-refractivity contribution in [1.29, 1.82) is 0 Å². The van der Waals surface area contributed by atoms with Gasteiger partial charge in [0.1, 0.15) is 0 Å². The van der Waals surface area contributed by atoms with Crippen LogP contribution < -0.4 is 0 Å². The van der Waals surface area contributed by atoms with Gasteiger partial charge in [0.2, 0.25) is 8.32 Å². The highest BCUT2D eigenvalue weighted by Crippen LogP contribution is 2.65. The van der Waals surface area contributed by atoms with Crippen LogP contribution in [0.4, 0.5) is 0 Å². The standard InChI is InChI=1S/C29H54O3Si2/c1-21-14-13-17-28(8)23(21)18-25(32-34(11,12)27(5,6)7)29(20-30)19-22(15-16-24(28)29)31-33(9,10)26(2,3)4/h13-15,21,23-25,30H,16-20H2,1-12H3/t21-,23+,24-,25-,28+,29-/m1/s1. The van der Waals surface area contributed by atoms with E-state index in [1.54, 1.807) is 0 Å². The molecule has 3 rings (SSSR count). The molecule has 0 spiro atoms. The summed E-state index contributed by atoms with van der Waals surface area (Å²) in [5.41, 5.74) is -0.0959. The summed E-state index contributed by atoms with van der Waals surface area (Å²) in [6.45, 7) is 28.4. The summed E-state index contributed by atoms with van der Waals surface area (Å²) in [5.74, 6) is 2.66. The van der Waals surface area contributed by atoms with Crippen molar-refractivity contribution in [3.63, 3.8) is 0 Å². The van der Waals surface area contributed by atoms with E-state index in [0.29, 0.717) is 17.8 Å². The molecule has 196 valence electrons. The normalized spacial score (nSPS) is 37.0. The van der Waals surface area contributed by atoms with Crippen LogP contribution in [-0.2, 0) is 8.85 Å². The third kappa shape index (κ3) is 4.68. The van der Waals surface area contributed by atoms with Gasteiger partial charge in [-0.15, -0.1) is 0 Å². The third-order valence-electron chi connectivity index (χ3n) is 10.9. The minimum absolute atomic E-state index is 0.0714. The van der Waals surface area contributed by atoms with E-state index >= 15 is 0 Å². The van der Waals surface area contributed by atoms with Gasteiger partial charge in [-0.25, -0.2) is 0 Å². The number of aliphatic hydroxyl groups is 1.